The highest BCUT2D eigenvalue weighted by molar-refractivity contribution is 7.86. The lowest BCUT2D eigenvalue weighted by Crippen LogP contribution is -2.60. The lowest BCUT2D eigenvalue weighted by atomic mass is 9.44. The van der Waals surface area contributed by atoms with Crippen molar-refractivity contribution in [1.82, 2.24) is 0 Å². The van der Waals surface area contributed by atoms with Crippen molar-refractivity contribution in [1.29, 1.82) is 0 Å². The largest absolute Gasteiger partial charge is 0.445 e. The second kappa shape index (κ2) is 10.3. The summed E-state index contributed by atoms with van der Waals surface area (Å²) in [5.74, 6) is -3.26. The molecule has 14 heteroatoms. The number of carbonyl (C=O) groups is 4. The lowest BCUT2D eigenvalue weighted by Gasteiger charge is -2.58. The number of Topliss-reactive ketones (excluding diaryl/α,β-unsaturated/α-hetero) is 3. The molecule has 1 N–H and O–H groups in total. The molecule has 0 saturated heterocycles. The minimum absolute atomic E-state index is 0.0304. The van der Waals surface area contributed by atoms with Gasteiger partial charge in [0.1, 0.15) is 17.3 Å². The first-order valence-electron chi connectivity index (χ1n) is 13.8. The van der Waals surface area contributed by atoms with Crippen LogP contribution in [0.2, 0.25) is 0 Å². The predicted octanol–water partition coefficient (Wildman–Crippen LogP) is 4.94. The number of halogens is 5. The molecule has 4 fully saturated rings. The van der Waals surface area contributed by atoms with E-state index < -0.39 is 51.4 Å². The van der Waals surface area contributed by atoms with Crippen LogP contribution in [0, 0.1) is 46.3 Å². The maximum absolute atomic E-state index is 13.8. The number of alkyl halides is 5. The van der Waals surface area contributed by atoms with E-state index in [0.29, 0.717) is 32.1 Å². The van der Waals surface area contributed by atoms with Crippen LogP contribution >= 0.6 is 0 Å². The zero-order valence-corrected chi connectivity index (χ0v) is 23.8. The maximum Gasteiger partial charge on any atom is 0.432 e. The molecule has 0 radical (unpaired) electrons. The first-order valence-corrected chi connectivity index (χ1v) is 15.3. The fourth-order valence-corrected chi connectivity index (χ4v) is 9.04. The van der Waals surface area contributed by atoms with E-state index in [9.17, 15) is 49.5 Å². The van der Waals surface area contributed by atoms with Crippen molar-refractivity contribution >= 4 is 33.4 Å². The molecule has 8 nitrogen and oxygen atoms in total. The summed E-state index contributed by atoms with van der Waals surface area (Å²) in [7, 11) is -6.54. The fraction of sp³-hybridized carbons (Fsp3) is 0.852. The van der Waals surface area contributed by atoms with Crippen LogP contribution in [0.15, 0.2) is 0 Å². The molecule has 3 unspecified atom stereocenters. The molecule has 4 rings (SSSR count). The highest BCUT2D eigenvalue weighted by Gasteiger charge is 2.67. The Balaban J connectivity index is 1.47. The average Bonchev–Trinajstić information content (AvgIpc) is 3.19. The van der Waals surface area contributed by atoms with Gasteiger partial charge in [0.2, 0.25) is 0 Å². The van der Waals surface area contributed by atoms with E-state index in [4.69, 9.17) is 4.55 Å². The van der Waals surface area contributed by atoms with Gasteiger partial charge in [0.05, 0.1) is 0 Å². The Morgan fingerprint density at radius 2 is 1.68 bits per heavy atom. The number of ketones is 3. The molecule has 0 spiro atoms. The highest BCUT2D eigenvalue weighted by atomic mass is 32.2. The van der Waals surface area contributed by atoms with Crippen LogP contribution in [0.4, 0.5) is 22.0 Å². The van der Waals surface area contributed by atoms with Crippen molar-refractivity contribution in [2.24, 2.45) is 46.3 Å². The standard InChI is InChI=1S/C27H35F5O8S/c1-13(4-7-21(36)40-23(26(28,29)30)27(31,32)41(37,38)39)16-5-6-17-22-18(12-20(35)25(16,17)3)24(2)9-8-15(33)10-14(24)11-19(22)34/h13-14,16-18,22-23H,4-12H2,1-3H3,(H,37,38,39)/t13?,14-,16?,17-,18-,22-,23?,24-,25+/m0/s1. The van der Waals surface area contributed by atoms with Gasteiger partial charge in [0.25, 0.3) is 6.10 Å². The number of ether oxygens (including phenoxy) is 1. The minimum atomic E-state index is -6.54. The van der Waals surface area contributed by atoms with Gasteiger partial charge in [0, 0.05) is 43.4 Å². The number of hydrogen-bond acceptors (Lipinski definition) is 7. The molecule has 0 amide bonds. The van der Waals surface area contributed by atoms with Gasteiger partial charge in [-0.25, -0.2) is 0 Å². The Morgan fingerprint density at radius 3 is 2.27 bits per heavy atom. The van der Waals surface area contributed by atoms with Gasteiger partial charge in [-0.2, -0.15) is 30.4 Å². The second-order valence-corrected chi connectivity index (χ2v) is 14.4. The third-order valence-electron chi connectivity index (χ3n) is 10.9. The first kappa shape index (κ1) is 32.0. The summed E-state index contributed by atoms with van der Waals surface area (Å²) in [6, 6.07) is 0. The van der Waals surface area contributed by atoms with Crippen molar-refractivity contribution < 1.29 is 58.8 Å². The average molecular weight is 615 g/mol. The number of carbonyl (C=O) groups excluding carboxylic acids is 4. The SMILES string of the molecule is CC(CCC(=O)OC(C(F)(F)F)C(F)(F)S(=O)(=O)O)C1CC[C@H]2[C@@H]3C(=O)C[C@@H]4CC(=O)CC[C@]4(C)[C@H]3CC(=O)[C@]12C. The van der Waals surface area contributed by atoms with E-state index >= 15 is 0 Å². The summed E-state index contributed by atoms with van der Waals surface area (Å²) >= 11 is 0. The Hall–Kier alpha value is -1.96. The molecule has 0 bridgehead atoms. The zero-order valence-electron chi connectivity index (χ0n) is 23.0. The van der Waals surface area contributed by atoms with Crippen LogP contribution in [0.3, 0.4) is 0 Å². The summed E-state index contributed by atoms with van der Waals surface area (Å²) in [5, 5.41) is -5.81. The predicted molar refractivity (Wildman–Crippen MR) is 132 cm³/mol. The number of esters is 1. The lowest BCUT2D eigenvalue weighted by molar-refractivity contribution is -0.259. The van der Waals surface area contributed by atoms with E-state index in [1.165, 1.54) is 0 Å². The number of rotatable bonds is 7. The van der Waals surface area contributed by atoms with E-state index in [1.807, 2.05) is 0 Å². The molecule has 41 heavy (non-hydrogen) atoms. The quantitative estimate of drug-likeness (QED) is 0.242. The van der Waals surface area contributed by atoms with E-state index in [2.05, 4.69) is 11.7 Å². The van der Waals surface area contributed by atoms with Gasteiger partial charge in [-0.3, -0.25) is 23.7 Å². The summed E-state index contributed by atoms with van der Waals surface area (Å²) in [6.07, 6.45) is -8.36. The van der Waals surface area contributed by atoms with Crippen molar-refractivity contribution in [3.8, 4) is 0 Å². The topological polar surface area (TPSA) is 132 Å². The van der Waals surface area contributed by atoms with Gasteiger partial charge in [-0.05, 0) is 60.7 Å². The smallest absolute Gasteiger partial charge is 0.432 e. The van der Waals surface area contributed by atoms with Gasteiger partial charge < -0.3 is 4.74 Å². The Kier molecular flexibility index (Phi) is 8.06. The molecule has 4 aliphatic rings. The van der Waals surface area contributed by atoms with Crippen LogP contribution in [0.5, 0.6) is 0 Å². The van der Waals surface area contributed by atoms with Gasteiger partial charge >= 0.3 is 27.5 Å². The molecule has 4 aliphatic carbocycles. The molecule has 4 saturated carbocycles. The highest BCUT2D eigenvalue weighted by Crippen LogP contribution is 2.66. The fourth-order valence-electron chi connectivity index (χ4n) is 8.59. The molecule has 0 aromatic rings. The number of fused-ring (bicyclic) bond motifs is 5. The van der Waals surface area contributed by atoms with Crippen molar-refractivity contribution in [2.45, 2.75) is 96.1 Å². The Morgan fingerprint density at radius 1 is 1.05 bits per heavy atom. The first-order chi connectivity index (χ1) is 18.7. The molecular weight excluding hydrogens is 579 g/mol. The zero-order chi connectivity index (χ0) is 30.9. The third-order valence-corrected chi connectivity index (χ3v) is 11.8. The van der Waals surface area contributed by atoms with E-state index in [1.54, 1.807) is 13.8 Å². The van der Waals surface area contributed by atoms with Crippen LogP contribution < -0.4 is 0 Å². The van der Waals surface area contributed by atoms with Gasteiger partial charge in [0.15, 0.2) is 0 Å². The normalized spacial score (nSPS) is 37.6. The van der Waals surface area contributed by atoms with E-state index in [0.717, 1.165) is 0 Å². The molecule has 0 aromatic carbocycles. The summed E-state index contributed by atoms with van der Waals surface area (Å²) in [5.41, 5.74) is -1.24. The van der Waals surface area contributed by atoms with Crippen molar-refractivity contribution in [3.63, 3.8) is 0 Å². The monoisotopic (exact) mass is 614 g/mol. The Labute approximate surface area is 234 Å². The third kappa shape index (κ3) is 5.25. The summed E-state index contributed by atoms with van der Waals surface area (Å²) < 4.78 is 101. The molecule has 9 atom stereocenters. The molecule has 232 valence electrons. The van der Waals surface area contributed by atoms with Crippen molar-refractivity contribution in [3.05, 3.63) is 0 Å². The van der Waals surface area contributed by atoms with E-state index in [-0.39, 0.29) is 71.6 Å². The molecule has 0 heterocycles. The summed E-state index contributed by atoms with van der Waals surface area (Å²) in [6.45, 7) is 5.55. The van der Waals surface area contributed by atoms with Crippen LogP contribution in [-0.4, -0.2) is 53.8 Å². The van der Waals surface area contributed by atoms with Crippen LogP contribution in [0.25, 0.3) is 0 Å². The van der Waals surface area contributed by atoms with Crippen molar-refractivity contribution in [2.75, 3.05) is 0 Å². The maximum atomic E-state index is 13.8. The molecular formula is C27H35F5O8S. The van der Waals surface area contributed by atoms with Gasteiger partial charge in [-0.1, -0.05) is 20.8 Å². The van der Waals surface area contributed by atoms with Crippen LogP contribution in [0.1, 0.15) is 78.6 Å². The second-order valence-electron chi connectivity index (χ2n) is 12.9. The number of hydrogen-bond donors (Lipinski definition) is 1. The van der Waals surface area contributed by atoms with Crippen LogP contribution in [-0.2, 0) is 34.0 Å². The molecule has 0 aliphatic heterocycles. The van der Waals surface area contributed by atoms with Gasteiger partial charge in [-0.15, -0.1) is 0 Å². The Bertz CT molecular complexity index is 1230. The molecule has 0 aromatic heterocycles. The summed E-state index contributed by atoms with van der Waals surface area (Å²) in [4.78, 5) is 51.5. The minimum Gasteiger partial charge on any atom is -0.445 e.